The van der Waals surface area contributed by atoms with Gasteiger partial charge in [0.25, 0.3) is 0 Å². The van der Waals surface area contributed by atoms with Crippen molar-refractivity contribution in [2.75, 3.05) is 0 Å². The third-order valence-corrected chi connectivity index (χ3v) is 3.81. The molecular weight excluding hydrogens is 274 g/mol. The quantitative estimate of drug-likeness (QED) is 0.849. The average molecular weight is 282 g/mol. The molecule has 1 unspecified atom stereocenters. The molecule has 0 saturated heterocycles. The summed E-state index contributed by atoms with van der Waals surface area (Å²) >= 11 is 4.96. The van der Waals surface area contributed by atoms with Gasteiger partial charge >= 0.3 is 0 Å². The van der Waals surface area contributed by atoms with Gasteiger partial charge in [-0.3, -0.25) is 0 Å². The molecule has 0 aliphatic carbocycles. The molecule has 15 heavy (non-hydrogen) atoms. The van der Waals surface area contributed by atoms with Gasteiger partial charge in [-0.15, -0.1) is 11.3 Å². The minimum Gasteiger partial charge on any atom is -0.337 e. The third-order valence-electron chi connectivity index (χ3n) is 2.12. The molecule has 0 amide bonds. The number of aryl methyl sites for hydroxylation is 1. The molecule has 0 bridgehead atoms. The fourth-order valence-electron chi connectivity index (χ4n) is 1.39. The molecule has 5 heteroatoms. The van der Waals surface area contributed by atoms with E-state index in [0.717, 1.165) is 14.5 Å². The van der Waals surface area contributed by atoms with Crippen molar-refractivity contribution < 1.29 is 0 Å². The fraction of sp³-hybridized carbons (Fsp3) is 0.200. The Morgan fingerprint density at radius 3 is 2.87 bits per heavy atom. The van der Waals surface area contributed by atoms with Gasteiger partial charge in [-0.1, -0.05) is 0 Å². The van der Waals surface area contributed by atoms with Gasteiger partial charge in [0, 0.05) is 24.3 Å². The van der Waals surface area contributed by atoms with Crippen molar-refractivity contribution in [3.05, 3.63) is 39.0 Å². The van der Waals surface area contributed by atoms with Crippen molar-refractivity contribution >= 4 is 27.3 Å². The Morgan fingerprint density at radius 1 is 1.60 bits per heavy atom. The Hall–Kier alpha value is -1.12. The van der Waals surface area contributed by atoms with Gasteiger partial charge in [-0.05, 0) is 28.1 Å². The van der Waals surface area contributed by atoms with Crippen molar-refractivity contribution in [3.63, 3.8) is 0 Å². The lowest BCUT2D eigenvalue weighted by molar-refractivity contribution is 0.790. The molecule has 0 N–H and O–H groups in total. The van der Waals surface area contributed by atoms with Gasteiger partial charge < -0.3 is 4.57 Å². The maximum absolute atomic E-state index is 9.17. The number of rotatable bonds is 2. The Kier molecular flexibility index (Phi) is 2.89. The highest BCUT2D eigenvalue weighted by Crippen LogP contribution is 2.31. The van der Waals surface area contributed by atoms with E-state index in [0.29, 0.717) is 0 Å². The Balaban J connectivity index is 2.42. The number of hydrogen-bond acceptors (Lipinski definition) is 3. The van der Waals surface area contributed by atoms with Crippen molar-refractivity contribution in [1.29, 1.82) is 5.26 Å². The van der Waals surface area contributed by atoms with Crippen LogP contribution in [-0.4, -0.2) is 9.55 Å². The molecule has 0 spiro atoms. The molecule has 0 aliphatic rings. The molecule has 3 nitrogen and oxygen atoms in total. The van der Waals surface area contributed by atoms with Crippen LogP contribution in [-0.2, 0) is 7.05 Å². The zero-order valence-electron chi connectivity index (χ0n) is 8.01. The summed E-state index contributed by atoms with van der Waals surface area (Å²) in [5.74, 6) is 0.508. The summed E-state index contributed by atoms with van der Waals surface area (Å²) in [6.45, 7) is 0. The van der Waals surface area contributed by atoms with Crippen molar-refractivity contribution in [3.8, 4) is 6.07 Å². The zero-order chi connectivity index (χ0) is 10.8. The first-order valence-corrected chi connectivity index (χ1v) is 5.95. The lowest BCUT2D eigenvalue weighted by Crippen LogP contribution is -2.04. The first-order valence-electron chi connectivity index (χ1n) is 4.34. The van der Waals surface area contributed by atoms with E-state index in [-0.39, 0.29) is 5.92 Å². The summed E-state index contributed by atoms with van der Waals surface area (Å²) in [7, 11) is 1.90. The second-order valence-corrected chi connectivity index (χ2v) is 5.59. The van der Waals surface area contributed by atoms with E-state index in [2.05, 4.69) is 27.0 Å². The summed E-state index contributed by atoms with van der Waals surface area (Å²) < 4.78 is 2.91. The molecule has 0 radical (unpaired) electrons. The predicted octanol–water partition coefficient (Wildman–Crippen LogP) is 2.90. The van der Waals surface area contributed by atoms with E-state index in [1.54, 1.807) is 17.5 Å². The number of imidazole rings is 1. The molecular formula is C10H8BrN3S. The van der Waals surface area contributed by atoms with Crippen LogP contribution in [0.5, 0.6) is 0 Å². The van der Waals surface area contributed by atoms with Crippen molar-refractivity contribution in [1.82, 2.24) is 9.55 Å². The van der Waals surface area contributed by atoms with Crippen LogP contribution in [0.3, 0.4) is 0 Å². The Morgan fingerprint density at radius 2 is 2.40 bits per heavy atom. The van der Waals surface area contributed by atoms with E-state index < -0.39 is 0 Å². The SMILES string of the molecule is Cn1ccnc1C(C#N)c1ccc(Br)s1. The smallest absolute Gasteiger partial charge is 0.138 e. The van der Waals surface area contributed by atoms with Crippen LogP contribution in [0.25, 0.3) is 0 Å². The summed E-state index contributed by atoms with van der Waals surface area (Å²) in [6.07, 6.45) is 3.56. The first-order chi connectivity index (χ1) is 7.22. The van der Waals surface area contributed by atoms with E-state index in [1.807, 2.05) is 29.9 Å². The molecule has 0 saturated carbocycles. The van der Waals surface area contributed by atoms with Crippen LogP contribution in [0.1, 0.15) is 16.6 Å². The second kappa shape index (κ2) is 4.17. The Labute approximate surface area is 100 Å². The molecule has 2 aromatic heterocycles. The third kappa shape index (κ3) is 1.96. The predicted molar refractivity (Wildman–Crippen MR) is 62.7 cm³/mol. The highest BCUT2D eigenvalue weighted by atomic mass is 79.9. The average Bonchev–Trinajstić information content (AvgIpc) is 2.79. The minimum absolute atomic E-state index is 0.277. The van der Waals surface area contributed by atoms with Crippen molar-refractivity contribution in [2.45, 2.75) is 5.92 Å². The molecule has 0 fully saturated rings. The number of aromatic nitrogens is 2. The molecule has 0 aromatic carbocycles. The van der Waals surface area contributed by atoms with Gasteiger partial charge in [-0.25, -0.2) is 4.98 Å². The summed E-state index contributed by atoms with van der Waals surface area (Å²) in [5, 5.41) is 9.17. The summed E-state index contributed by atoms with van der Waals surface area (Å²) in [5.41, 5.74) is 0. The zero-order valence-corrected chi connectivity index (χ0v) is 10.4. The fourth-order valence-corrected chi connectivity index (χ4v) is 2.85. The van der Waals surface area contributed by atoms with Gasteiger partial charge in [0.2, 0.25) is 0 Å². The van der Waals surface area contributed by atoms with Crippen LogP contribution < -0.4 is 0 Å². The van der Waals surface area contributed by atoms with E-state index in [4.69, 9.17) is 0 Å². The van der Waals surface area contributed by atoms with Gasteiger partial charge in [0.1, 0.15) is 11.7 Å². The van der Waals surface area contributed by atoms with Crippen molar-refractivity contribution in [2.24, 2.45) is 7.05 Å². The van der Waals surface area contributed by atoms with Gasteiger partial charge in [-0.2, -0.15) is 5.26 Å². The maximum Gasteiger partial charge on any atom is 0.138 e. The monoisotopic (exact) mass is 281 g/mol. The highest BCUT2D eigenvalue weighted by molar-refractivity contribution is 9.11. The van der Waals surface area contributed by atoms with Gasteiger partial charge in [0.05, 0.1) is 9.86 Å². The summed E-state index contributed by atoms with van der Waals surface area (Å²) in [4.78, 5) is 5.22. The van der Waals surface area contributed by atoms with Crippen LogP contribution in [0.4, 0.5) is 0 Å². The van der Waals surface area contributed by atoms with Crippen LogP contribution >= 0.6 is 27.3 Å². The number of nitrogens with zero attached hydrogens (tertiary/aromatic N) is 3. The second-order valence-electron chi connectivity index (χ2n) is 3.10. The normalized spacial score (nSPS) is 12.3. The van der Waals surface area contributed by atoms with Gasteiger partial charge in [0.15, 0.2) is 0 Å². The van der Waals surface area contributed by atoms with Crippen LogP contribution in [0.15, 0.2) is 28.3 Å². The maximum atomic E-state index is 9.17. The minimum atomic E-state index is -0.277. The molecule has 1 atom stereocenters. The van der Waals surface area contributed by atoms with E-state index in [9.17, 15) is 5.26 Å². The lowest BCUT2D eigenvalue weighted by Gasteiger charge is -2.06. The Bertz CT molecular complexity index is 509. The van der Waals surface area contributed by atoms with E-state index >= 15 is 0 Å². The number of thiophene rings is 1. The molecule has 0 aliphatic heterocycles. The van der Waals surface area contributed by atoms with E-state index in [1.165, 1.54) is 0 Å². The number of halogens is 1. The number of nitriles is 1. The molecule has 2 aromatic rings. The summed E-state index contributed by atoms with van der Waals surface area (Å²) in [6, 6.07) is 6.19. The highest BCUT2D eigenvalue weighted by Gasteiger charge is 2.19. The molecule has 2 rings (SSSR count). The van der Waals surface area contributed by atoms with Crippen LogP contribution in [0, 0.1) is 11.3 Å². The first kappa shape index (κ1) is 10.4. The van der Waals surface area contributed by atoms with Crippen LogP contribution in [0.2, 0.25) is 0 Å². The lowest BCUT2D eigenvalue weighted by atomic mass is 10.1. The molecule has 2 heterocycles. The number of hydrogen-bond donors (Lipinski definition) is 0. The largest absolute Gasteiger partial charge is 0.337 e. The topological polar surface area (TPSA) is 41.6 Å². The standard InChI is InChI=1S/C10H8BrN3S/c1-14-5-4-13-10(14)7(6-12)8-2-3-9(11)15-8/h2-5,7H,1H3. The molecule has 76 valence electrons.